The highest BCUT2D eigenvalue weighted by Crippen LogP contribution is 2.30. The summed E-state index contributed by atoms with van der Waals surface area (Å²) in [5.41, 5.74) is 3.55. The lowest BCUT2D eigenvalue weighted by Gasteiger charge is -2.11. The van der Waals surface area contributed by atoms with Crippen molar-refractivity contribution < 1.29 is 9.47 Å². The summed E-state index contributed by atoms with van der Waals surface area (Å²) in [6.07, 6.45) is 0. The van der Waals surface area contributed by atoms with Gasteiger partial charge in [0, 0.05) is 0 Å². The van der Waals surface area contributed by atoms with E-state index in [9.17, 15) is 0 Å². The molecule has 0 atom stereocenters. The van der Waals surface area contributed by atoms with Crippen molar-refractivity contribution in [3.05, 3.63) is 83.9 Å². The van der Waals surface area contributed by atoms with Crippen LogP contribution in [0.15, 0.2) is 82.8 Å². The maximum absolute atomic E-state index is 5.92. The topological polar surface area (TPSA) is 43.2 Å². The Kier molecular flexibility index (Phi) is 4.27. The van der Waals surface area contributed by atoms with E-state index < -0.39 is 0 Å². The van der Waals surface area contributed by atoms with Crippen molar-refractivity contribution in [1.29, 1.82) is 0 Å². The number of benzene rings is 3. The largest absolute Gasteiger partial charge is 0.487 e. The zero-order valence-electron chi connectivity index (χ0n) is 13.6. The lowest BCUT2D eigenvalue weighted by atomic mass is 10.1. The molecule has 4 rings (SSSR count). The molecule has 4 nitrogen and oxygen atoms in total. The average Bonchev–Trinajstić information content (AvgIpc) is 2.66. The minimum absolute atomic E-state index is 0.466. The second-order valence-corrected chi connectivity index (χ2v) is 5.66. The third-order valence-electron chi connectivity index (χ3n) is 3.85. The van der Waals surface area contributed by atoms with Crippen molar-refractivity contribution in [2.75, 3.05) is 0 Å². The van der Waals surface area contributed by atoms with Gasteiger partial charge in [-0.3, -0.25) is 0 Å². The first-order valence-electron chi connectivity index (χ1n) is 8.06. The molecule has 0 saturated heterocycles. The highest BCUT2D eigenvalue weighted by atomic mass is 16.5. The lowest BCUT2D eigenvalue weighted by molar-refractivity contribution is 0.301. The fourth-order valence-electron chi connectivity index (χ4n) is 2.61. The van der Waals surface area contributed by atoms with Crippen LogP contribution in [-0.2, 0) is 13.2 Å². The van der Waals surface area contributed by atoms with Crippen molar-refractivity contribution in [2.45, 2.75) is 13.2 Å². The molecule has 3 aromatic carbocycles. The predicted octanol–water partition coefficient (Wildman–Crippen LogP) is 5.30. The molecule has 0 radical (unpaired) electrons. The van der Waals surface area contributed by atoms with Crippen LogP contribution < -0.4 is 9.47 Å². The SMILES string of the molecule is C1=Nc2ccccc2OCc2cccc(c2)COc2ccccc2N=1. The van der Waals surface area contributed by atoms with Crippen molar-refractivity contribution in [1.82, 2.24) is 0 Å². The molecule has 3 aromatic rings. The first-order valence-corrected chi connectivity index (χ1v) is 8.06. The standard InChI is InChI=1S/C21H16N2O2/c1-3-10-20-18(8-1)22-15-23-19-9-2-4-11-21(19)25-14-17-7-5-6-16(12-17)13-24-20/h1-12H,13-14H2. The molecule has 0 amide bonds. The Bertz CT molecular complexity index is 889. The highest BCUT2D eigenvalue weighted by Gasteiger charge is 2.06. The number of para-hydroxylation sites is 4. The summed E-state index contributed by atoms with van der Waals surface area (Å²) in [5, 5.41) is 0. The van der Waals surface area contributed by atoms with E-state index in [2.05, 4.69) is 22.1 Å². The monoisotopic (exact) mass is 328 g/mol. The van der Waals surface area contributed by atoms with Crippen LogP contribution >= 0.6 is 0 Å². The third-order valence-corrected chi connectivity index (χ3v) is 3.85. The second kappa shape index (κ2) is 7.04. The van der Waals surface area contributed by atoms with Gasteiger partial charge in [-0.2, -0.15) is 9.98 Å². The smallest absolute Gasteiger partial charge is 0.146 e. The molecule has 0 aliphatic carbocycles. The van der Waals surface area contributed by atoms with E-state index in [0.717, 1.165) is 11.1 Å². The van der Waals surface area contributed by atoms with Gasteiger partial charge in [-0.15, -0.1) is 0 Å². The lowest BCUT2D eigenvalue weighted by Crippen LogP contribution is -2.00. The number of nitrogens with zero attached hydrogens (tertiary/aromatic N) is 2. The normalized spacial score (nSPS) is 13.0. The van der Waals surface area contributed by atoms with E-state index in [4.69, 9.17) is 9.47 Å². The average molecular weight is 328 g/mol. The van der Waals surface area contributed by atoms with Gasteiger partial charge in [0.2, 0.25) is 0 Å². The maximum atomic E-state index is 5.92. The van der Waals surface area contributed by atoms with E-state index in [1.165, 1.54) is 0 Å². The maximum Gasteiger partial charge on any atom is 0.146 e. The Morgan fingerprint density at radius 2 is 1.16 bits per heavy atom. The molecule has 1 heterocycles. The summed E-state index contributed by atoms with van der Waals surface area (Å²) >= 11 is 0. The molecule has 122 valence electrons. The van der Waals surface area contributed by atoms with Crippen LogP contribution in [0.2, 0.25) is 0 Å². The van der Waals surface area contributed by atoms with Gasteiger partial charge in [-0.05, 0) is 41.5 Å². The third kappa shape index (κ3) is 3.60. The number of hydrogen-bond donors (Lipinski definition) is 0. The Morgan fingerprint density at radius 3 is 1.72 bits per heavy atom. The van der Waals surface area contributed by atoms with E-state index in [0.29, 0.717) is 36.1 Å². The molecule has 2 bridgehead atoms. The Balaban J connectivity index is 1.80. The number of rotatable bonds is 0. The molecular formula is C21H16N2O2. The number of ether oxygens (including phenoxy) is 2. The molecule has 0 fully saturated rings. The molecule has 0 saturated carbocycles. The van der Waals surface area contributed by atoms with Gasteiger partial charge in [-0.25, -0.2) is 0 Å². The summed E-state index contributed by atoms with van der Waals surface area (Å²) in [7, 11) is 0. The molecule has 0 aromatic heterocycles. The van der Waals surface area contributed by atoms with E-state index in [-0.39, 0.29) is 0 Å². The second-order valence-electron chi connectivity index (χ2n) is 5.66. The van der Waals surface area contributed by atoms with Gasteiger partial charge in [0.25, 0.3) is 0 Å². The highest BCUT2D eigenvalue weighted by molar-refractivity contribution is 5.64. The minimum atomic E-state index is 0.466. The zero-order valence-corrected chi connectivity index (χ0v) is 13.6. The van der Waals surface area contributed by atoms with Crippen LogP contribution in [0.25, 0.3) is 0 Å². The van der Waals surface area contributed by atoms with E-state index >= 15 is 0 Å². The van der Waals surface area contributed by atoms with E-state index in [1.807, 2.05) is 66.7 Å². The number of hydrogen-bond acceptors (Lipinski definition) is 4. The van der Waals surface area contributed by atoms with Crippen LogP contribution in [0.5, 0.6) is 11.5 Å². The molecular weight excluding hydrogens is 312 g/mol. The summed E-state index contributed by atoms with van der Waals surface area (Å²) in [4.78, 5) is 8.61. The van der Waals surface area contributed by atoms with Gasteiger partial charge in [0.15, 0.2) is 0 Å². The van der Waals surface area contributed by atoms with Crippen LogP contribution in [0, 0.1) is 0 Å². The summed E-state index contributed by atoms with van der Waals surface area (Å²) in [6.45, 7) is 0.933. The fraction of sp³-hybridized carbons (Fsp3) is 0.0952. The van der Waals surface area contributed by atoms with Crippen LogP contribution in [0.3, 0.4) is 0 Å². The van der Waals surface area contributed by atoms with Crippen molar-refractivity contribution in [3.63, 3.8) is 0 Å². The van der Waals surface area contributed by atoms with Crippen LogP contribution in [0.4, 0.5) is 11.4 Å². The summed E-state index contributed by atoms with van der Waals surface area (Å²) < 4.78 is 11.8. The zero-order chi connectivity index (χ0) is 16.9. The number of fused-ring (bicyclic) bond motifs is 4. The van der Waals surface area contributed by atoms with Crippen molar-refractivity contribution in [3.8, 4) is 11.5 Å². The molecule has 0 spiro atoms. The molecule has 1 aliphatic heterocycles. The molecule has 0 unspecified atom stereocenters. The summed E-state index contributed by atoms with van der Waals surface area (Å²) in [6, 6.07) is 26.1. The Morgan fingerprint density at radius 1 is 0.640 bits per heavy atom. The van der Waals surface area contributed by atoms with Gasteiger partial charge < -0.3 is 9.47 Å². The molecule has 25 heavy (non-hydrogen) atoms. The molecule has 4 heteroatoms. The quantitative estimate of drug-likeness (QED) is 0.562. The minimum Gasteiger partial charge on any atom is -0.487 e. The van der Waals surface area contributed by atoms with Gasteiger partial charge >= 0.3 is 0 Å². The van der Waals surface area contributed by atoms with Gasteiger partial charge in [0.1, 0.15) is 42.1 Å². The van der Waals surface area contributed by atoms with Crippen molar-refractivity contribution >= 4 is 17.4 Å². The van der Waals surface area contributed by atoms with Gasteiger partial charge in [0.05, 0.1) is 0 Å². The summed E-state index contributed by atoms with van der Waals surface area (Å²) in [5.74, 6) is 1.41. The number of aliphatic imine (C=N–C) groups is 2. The first-order chi connectivity index (χ1) is 12.4. The van der Waals surface area contributed by atoms with Crippen LogP contribution in [0.1, 0.15) is 11.1 Å². The van der Waals surface area contributed by atoms with E-state index in [1.54, 1.807) is 0 Å². The fourth-order valence-corrected chi connectivity index (χ4v) is 2.61. The first kappa shape index (κ1) is 15.2. The Hall–Kier alpha value is -3.36. The Labute approximate surface area is 146 Å². The molecule has 0 N–H and O–H groups in total. The predicted molar refractivity (Wildman–Crippen MR) is 97.2 cm³/mol. The van der Waals surface area contributed by atoms with Gasteiger partial charge in [-0.1, -0.05) is 42.5 Å². The van der Waals surface area contributed by atoms with Crippen molar-refractivity contribution in [2.24, 2.45) is 9.98 Å². The molecule has 1 aliphatic rings. The van der Waals surface area contributed by atoms with Crippen LogP contribution in [-0.4, -0.2) is 6.01 Å².